The van der Waals surface area contributed by atoms with E-state index in [9.17, 15) is 18.0 Å². The van der Waals surface area contributed by atoms with Gasteiger partial charge in [-0.25, -0.2) is 17.9 Å². The van der Waals surface area contributed by atoms with Crippen LogP contribution in [0.1, 0.15) is 58.1 Å². The lowest BCUT2D eigenvalue weighted by Gasteiger charge is -2.37. The number of piperidine rings is 1. The fourth-order valence-electron chi connectivity index (χ4n) is 6.15. The highest BCUT2D eigenvalue weighted by Crippen LogP contribution is 2.38. The van der Waals surface area contributed by atoms with Gasteiger partial charge in [0.15, 0.2) is 0 Å². The molecule has 1 saturated carbocycles. The molecule has 0 bridgehead atoms. The third-order valence-electron chi connectivity index (χ3n) is 8.99. The van der Waals surface area contributed by atoms with Crippen LogP contribution >= 0.6 is 0 Å². The fraction of sp³-hybridized carbons (Fsp3) is 0.531. The van der Waals surface area contributed by atoms with Crippen molar-refractivity contribution in [2.24, 2.45) is 5.92 Å². The van der Waals surface area contributed by atoms with Gasteiger partial charge in [0.05, 0.1) is 22.7 Å². The van der Waals surface area contributed by atoms with Gasteiger partial charge in [0.2, 0.25) is 15.9 Å². The van der Waals surface area contributed by atoms with Crippen LogP contribution in [0, 0.1) is 5.92 Å². The number of piperazine rings is 1. The topological polar surface area (TPSA) is 117 Å². The van der Waals surface area contributed by atoms with E-state index in [1.807, 2.05) is 60.7 Å². The first-order chi connectivity index (χ1) is 21.0. The van der Waals surface area contributed by atoms with Gasteiger partial charge < -0.3 is 19.4 Å². The summed E-state index contributed by atoms with van der Waals surface area (Å²) in [6, 6.07) is 12.9. The molecule has 1 unspecified atom stereocenters. The molecule has 3 aliphatic rings. The number of benzene rings is 2. The summed E-state index contributed by atoms with van der Waals surface area (Å²) in [6.07, 6.45) is 4.64. The number of amides is 2. The molecule has 236 valence electrons. The Hall–Kier alpha value is -3.64. The summed E-state index contributed by atoms with van der Waals surface area (Å²) in [5, 5.41) is 5.63. The molecule has 1 N–H and O–H groups in total. The van der Waals surface area contributed by atoms with Crippen LogP contribution in [-0.4, -0.2) is 84.8 Å². The molecule has 3 fully saturated rings. The minimum absolute atomic E-state index is 0.0690. The van der Waals surface area contributed by atoms with Gasteiger partial charge in [-0.05, 0) is 50.3 Å². The minimum atomic E-state index is -3.79. The molecule has 0 spiro atoms. The first kappa shape index (κ1) is 30.4. The number of hydrogen-bond acceptors (Lipinski definition) is 7. The number of aromatic nitrogens is 2. The van der Waals surface area contributed by atoms with Crippen LogP contribution in [0.4, 0.5) is 10.5 Å². The van der Waals surface area contributed by atoms with Crippen molar-refractivity contribution >= 4 is 38.6 Å². The Morgan fingerprint density at radius 1 is 1.05 bits per heavy atom. The number of likely N-dealkylation sites (tertiary alicyclic amines) is 1. The third kappa shape index (κ3) is 6.41. The molecule has 2 saturated heterocycles. The summed E-state index contributed by atoms with van der Waals surface area (Å²) in [6.45, 7) is 9.29. The molecule has 11 nitrogen and oxygen atoms in total. The van der Waals surface area contributed by atoms with Crippen LogP contribution in [-0.2, 0) is 26.2 Å². The minimum Gasteiger partial charge on any atom is -0.445 e. The smallest absolute Gasteiger partial charge is 0.410 e. The van der Waals surface area contributed by atoms with Gasteiger partial charge in [-0.3, -0.25) is 9.48 Å². The fourth-order valence-corrected chi connectivity index (χ4v) is 7.65. The number of carbonyl (C=O) groups excluding carboxylic acids is 2. The Kier molecular flexibility index (Phi) is 8.31. The van der Waals surface area contributed by atoms with Crippen molar-refractivity contribution in [3.63, 3.8) is 0 Å². The third-order valence-corrected chi connectivity index (χ3v) is 10.6. The zero-order valence-corrected chi connectivity index (χ0v) is 26.6. The maximum atomic E-state index is 13.6. The highest BCUT2D eigenvalue weighted by molar-refractivity contribution is 7.89. The first-order valence-corrected chi connectivity index (χ1v) is 17.1. The zero-order chi connectivity index (χ0) is 31.1. The van der Waals surface area contributed by atoms with Crippen molar-refractivity contribution in [3.8, 4) is 0 Å². The molecule has 0 radical (unpaired) electrons. The van der Waals surface area contributed by atoms with Crippen LogP contribution in [0.3, 0.4) is 0 Å². The van der Waals surface area contributed by atoms with Gasteiger partial charge in [-0.2, -0.15) is 5.10 Å². The molecule has 2 aromatic carbocycles. The first-order valence-electron chi connectivity index (χ1n) is 15.6. The van der Waals surface area contributed by atoms with Gasteiger partial charge in [0, 0.05) is 61.8 Å². The second kappa shape index (κ2) is 12.0. The van der Waals surface area contributed by atoms with E-state index in [0.717, 1.165) is 42.3 Å². The second-order valence-electron chi connectivity index (χ2n) is 12.9. The molecule has 12 heteroatoms. The molecule has 1 atom stereocenters. The summed E-state index contributed by atoms with van der Waals surface area (Å²) in [7, 11) is -3.79. The highest BCUT2D eigenvalue weighted by Gasteiger charge is 2.41. The van der Waals surface area contributed by atoms with Gasteiger partial charge in [-0.1, -0.05) is 44.2 Å². The number of carbonyl (C=O) groups is 2. The number of fused-ring (bicyclic) bond motifs is 1. The number of anilines is 1. The van der Waals surface area contributed by atoms with Crippen molar-refractivity contribution in [3.05, 3.63) is 54.2 Å². The molecule has 44 heavy (non-hydrogen) atoms. The number of sulfonamides is 1. The van der Waals surface area contributed by atoms with E-state index < -0.39 is 15.6 Å². The van der Waals surface area contributed by atoms with E-state index in [0.29, 0.717) is 44.8 Å². The summed E-state index contributed by atoms with van der Waals surface area (Å²) in [5.74, 6) is 0.0606. The molecule has 2 aliphatic heterocycles. The van der Waals surface area contributed by atoms with Crippen LogP contribution in [0.5, 0.6) is 0 Å². The standard InChI is InChI=1S/C32H42N6O5S/c1-23(2)30(39)36-16-14-35(15-17-36)28-18-26(44(41,42)34-32(3)11-12-32)19-29-27(28)20-33-38(29)25-10-7-13-37(21-25)31(40)43-22-24-8-5-4-6-9-24/h4-6,8-9,18-20,23,25,34H,7,10-17,21-22H2,1-3H3. The molecule has 2 amide bonds. The second-order valence-corrected chi connectivity index (χ2v) is 14.6. The number of nitrogens with zero attached hydrogens (tertiary/aromatic N) is 5. The molecule has 3 aromatic rings. The van der Waals surface area contributed by atoms with Crippen LogP contribution < -0.4 is 9.62 Å². The van der Waals surface area contributed by atoms with E-state index in [-0.39, 0.29) is 35.5 Å². The highest BCUT2D eigenvalue weighted by atomic mass is 32.2. The Labute approximate surface area is 259 Å². The van der Waals surface area contributed by atoms with E-state index >= 15 is 0 Å². The SMILES string of the molecule is CC(C)C(=O)N1CCN(c2cc(S(=O)(=O)NC3(C)CC3)cc3c2cnn3C2CCCN(C(=O)OCc3ccccc3)C2)CC1. The van der Waals surface area contributed by atoms with E-state index in [4.69, 9.17) is 9.84 Å². The number of rotatable bonds is 8. The Balaban J connectivity index is 1.28. The summed E-state index contributed by atoms with van der Waals surface area (Å²) in [5.41, 5.74) is 2.02. The quantitative estimate of drug-likeness (QED) is 0.401. The van der Waals surface area contributed by atoms with Crippen LogP contribution in [0.15, 0.2) is 53.6 Å². The zero-order valence-electron chi connectivity index (χ0n) is 25.7. The molecule has 1 aromatic heterocycles. The van der Waals surface area contributed by atoms with Gasteiger partial charge in [0.1, 0.15) is 6.61 Å². The lowest BCUT2D eigenvalue weighted by molar-refractivity contribution is -0.134. The van der Waals surface area contributed by atoms with Crippen molar-refractivity contribution in [1.82, 2.24) is 24.3 Å². The maximum Gasteiger partial charge on any atom is 0.410 e. The lowest BCUT2D eigenvalue weighted by Crippen LogP contribution is -2.50. The van der Waals surface area contributed by atoms with Crippen molar-refractivity contribution in [1.29, 1.82) is 0 Å². The van der Waals surface area contributed by atoms with Gasteiger partial charge >= 0.3 is 6.09 Å². The number of nitrogens with one attached hydrogen (secondary N) is 1. The lowest BCUT2D eigenvalue weighted by atomic mass is 10.1. The Bertz CT molecular complexity index is 1630. The van der Waals surface area contributed by atoms with Gasteiger partial charge in [-0.15, -0.1) is 0 Å². The van der Waals surface area contributed by atoms with Crippen molar-refractivity contribution < 1.29 is 22.7 Å². The van der Waals surface area contributed by atoms with E-state index in [2.05, 4.69) is 9.62 Å². The monoisotopic (exact) mass is 622 g/mol. The number of ether oxygens (including phenoxy) is 1. The largest absolute Gasteiger partial charge is 0.445 e. The Morgan fingerprint density at radius 2 is 1.77 bits per heavy atom. The number of hydrogen-bond donors (Lipinski definition) is 1. The molecular weight excluding hydrogens is 580 g/mol. The summed E-state index contributed by atoms with van der Waals surface area (Å²) in [4.78, 5) is 31.6. The normalized spacial score (nSPS) is 20.3. The molecule has 3 heterocycles. The van der Waals surface area contributed by atoms with Crippen molar-refractivity contribution in [2.75, 3.05) is 44.2 Å². The Morgan fingerprint density at radius 3 is 2.45 bits per heavy atom. The molecule has 6 rings (SSSR count). The van der Waals surface area contributed by atoms with Crippen LogP contribution in [0.25, 0.3) is 10.9 Å². The van der Waals surface area contributed by atoms with Crippen molar-refractivity contribution in [2.45, 2.75) is 69.5 Å². The average Bonchev–Trinajstić information content (AvgIpc) is 3.58. The average molecular weight is 623 g/mol. The molecular formula is C32H42N6O5S. The van der Waals surface area contributed by atoms with Gasteiger partial charge in [0.25, 0.3) is 0 Å². The van der Waals surface area contributed by atoms with E-state index in [1.165, 1.54) is 0 Å². The predicted octanol–water partition coefficient (Wildman–Crippen LogP) is 4.15. The molecule has 1 aliphatic carbocycles. The predicted molar refractivity (Wildman–Crippen MR) is 168 cm³/mol. The summed E-state index contributed by atoms with van der Waals surface area (Å²) >= 11 is 0. The van der Waals surface area contributed by atoms with E-state index in [1.54, 1.807) is 23.2 Å². The summed E-state index contributed by atoms with van der Waals surface area (Å²) < 4.78 is 37.7. The van der Waals surface area contributed by atoms with Crippen LogP contribution in [0.2, 0.25) is 0 Å². The maximum absolute atomic E-state index is 13.6.